The molecule has 10 heterocycles. The second kappa shape index (κ2) is 18.9. The van der Waals surface area contributed by atoms with Crippen LogP contribution in [0, 0.1) is 12.1 Å². The van der Waals surface area contributed by atoms with Crippen LogP contribution in [0.2, 0.25) is 0 Å². The molecule has 8 aromatic carbocycles. The minimum atomic E-state index is -0.163. The van der Waals surface area contributed by atoms with Gasteiger partial charge in [0.05, 0.1) is 22.1 Å². The maximum Gasteiger partial charge on any atom is 2.00 e. The average molecular weight is 1190 g/mol. The summed E-state index contributed by atoms with van der Waals surface area (Å²) in [4.78, 5) is 19.0. The Morgan fingerprint density at radius 2 is 0.753 bits per heavy atom. The van der Waals surface area contributed by atoms with Gasteiger partial charge in [0.1, 0.15) is 34.8 Å². The third-order valence-electron chi connectivity index (χ3n) is 17.5. The van der Waals surface area contributed by atoms with Crippen LogP contribution in [0.25, 0.3) is 110 Å². The molecule has 2 aliphatic rings. The Hall–Kier alpha value is -10.2. The van der Waals surface area contributed by atoms with Crippen molar-refractivity contribution < 1.29 is 29.9 Å². The molecule has 18 rings (SSSR count). The van der Waals surface area contributed by atoms with Gasteiger partial charge in [0.15, 0.2) is 0 Å². The molecule has 0 spiro atoms. The quantitative estimate of drug-likeness (QED) is 0.122. The van der Waals surface area contributed by atoms with Crippen LogP contribution in [0.15, 0.2) is 231 Å². The van der Waals surface area contributed by atoms with Gasteiger partial charge in [-0.25, -0.2) is 19.9 Å². The first-order valence-corrected chi connectivity index (χ1v) is 28.4. The van der Waals surface area contributed by atoms with Gasteiger partial charge in [-0.2, -0.15) is 12.1 Å². The van der Waals surface area contributed by atoms with Gasteiger partial charge in [0, 0.05) is 103 Å². The Morgan fingerprint density at radius 3 is 1.35 bits per heavy atom. The van der Waals surface area contributed by atoms with Crippen LogP contribution in [0.3, 0.4) is 0 Å². The van der Waals surface area contributed by atoms with Crippen molar-refractivity contribution in [2.45, 2.75) is 38.5 Å². The number of aromatic nitrogens is 8. The van der Waals surface area contributed by atoms with Crippen LogP contribution in [-0.4, -0.2) is 38.2 Å². The molecule has 0 radical (unpaired) electrons. The van der Waals surface area contributed by atoms with Crippen LogP contribution in [-0.2, 0) is 31.3 Å². The summed E-state index contributed by atoms with van der Waals surface area (Å²) in [6.45, 7) is 9.13. The summed E-state index contributed by atoms with van der Waals surface area (Å²) in [7, 11) is 0. The van der Waals surface area contributed by atoms with E-state index in [1.807, 2.05) is 85.5 Å². The standard InChI is InChI=1S/C37H26N4O.C37H24N4O.Pd/c2*1-37(2)29-11-7-10-28-27-18-16-24(22-33(27)41(35(28)29)36-30(37)12-8-20-39-36)42-23-15-17-26-25-9-3-4-13-31(25)40(32(26)21-23)34-14-5-6-19-38-34;/h3-22H,1-2H3;3-20H,1-2H3;/q;-2;+2. The van der Waals surface area contributed by atoms with Crippen molar-refractivity contribution in [3.63, 3.8) is 0 Å². The zero-order valence-electron chi connectivity index (χ0n) is 46.6. The van der Waals surface area contributed by atoms with Gasteiger partial charge in [-0.15, -0.1) is 35.0 Å². The average Bonchev–Trinajstić information content (AvgIpc) is 2.01. The van der Waals surface area contributed by atoms with Gasteiger partial charge in [-0.1, -0.05) is 136 Å². The van der Waals surface area contributed by atoms with E-state index in [0.29, 0.717) is 11.5 Å². The molecule has 2 aliphatic heterocycles. The van der Waals surface area contributed by atoms with Crippen molar-refractivity contribution in [2.75, 3.05) is 0 Å². The molecule has 0 aliphatic carbocycles. The van der Waals surface area contributed by atoms with Crippen LogP contribution < -0.4 is 9.47 Å². The first-order chi connectivity index (χ1) is 41.2. The monoisotopic (exact) mass is 1190 g/mol. The number of para-hydroxylation sites is 4. The number of hydrogen-bond donors (Lipinski definition) is 0. The third kappa shape index (κ3) is 7.47. The largest absolute Gasteiger partial charge is 2.00 e. The van der Waals surface area contributed by atoms with Gasteiger partial charge >= 0.3 is 20.4 Å². The summed E-state index contributed by atoms with van der Waals surface area (Å²) >= 11 is 0. The Morgan fingerprint density at radius 1 is 0.329 bits per heavy atom. The molecule has 11 heteroatoms. The van der Waals surface area contributed by atoms with Crippen molar-refractivity contribution in [2.24, 2.45) is 0 Å². The van der Waals surface area contributed by atoms with Gasteiger partial charge in [-0.3, -0.25) is 9.13 Å². The number of rotatable bonds is 6. The van der Waals surface area contributed by atoms with Crippen molar-refractivity contribution >= 4 is 87.2 Å². The number of hydrogen-bond acceptors (Lipinski definition) is 6. The molecular weight excluding hydrogens is 1140 g/mol. The summed E-state index contributed by atoms with van der Waals surface area (Å²) in [5, 5.41) is 9.36. The summed E-state index contributed by atoms with van der Waals surface area (Å²) in [6.07, 6.45) is 7.40. The molecule has 0 atom stereocenters. The molecule has 0 saturated heterocycles. The Labute approximate surface area is 502 Å². The van der Waals surface area contributed by atoms with E-state index in [1.54, 1.807) is 0 Å². The van der Waals surface area contributed by atoms with Crippen molar-refractivity contribution in [3.05, 3.63) is 265 Å². The van der Waals surface area contributed by atoms with Gasteiger partial charge < -0.3 is 18.6 Å². The number of benzene rings is 8. The minimum absolute atomic E-state index is 0. The van der Waals surface area contributed by atoms with Gasteiger partial charge in [0.2, 0.25) is 0 Å². The number of fused-ring (bicyclic) bond motifs is 16. The second-order valence-electron chi connectivity index (χ2n) is 22.9. The molecule has 8 aromatic heterocycles. The van der Waals surface area contributed by atoms with E-state index in [0.717, 1.165) is 84.0 Å². The smallest absolute Gasteiger partial charge is 0.509 e. The zero-order valence-corrected chi connectivity index (χ0v) is 48.2. The molecule has 0 unspecified atom stereocenters. The van der Waals surface area contributed by atoms with Gasteiger partial charge in [0.25, 0.3) is 0 Å². The molecule has 0 N–H and O–H groups in total. The maximum absolute atomic E-state index is 6.59. The molecule has 0 saturated carbocycles. The van der Waals surface area contributed by atoms with Crippen molar-refractivity contribution in [3.8, 4) is 46.3 Å². The first kappa shape index (κ1) is 50.5. The summed E-state index contributed by atoms with van der Waals surface area (Å²) in [5.41, 5.74) is 13.3. The number of ether oxygens (including phenoxy) is 2. The van der Waals surface area contributed by atoms with E-state index in [9.17, 15) is 0 Å². The van der Waals surface area contributed by atoms with Gasteiger partial charge in [-0.05, 0) is 94.7 Å². The molecule has 0 fully saturated rings. The molecule has 16 aromatic rings. The predicted molar refractivity (Wildman–Crippen MR) is 336 cm³/mol. The molecule has 0 bridgehead atoms. The molecule has 85 heavy (non-hydrogen) atoms. The van der Waals surface area contributed by atoms with E-state index in [-0.39, 0.29) is 31.3 Å². The molecule has 10 nitrogen and oxygen atoms in total. The van der Waals surface area contributed by atoms with Crippen molar-refractivity contribution in [1.29, 1.82) is 0 Å². The van der Waals surface area contributed by atoms with Crippen LogP contribution in [0.1, 0.15) is 49.9 Å². The number of pyridine rings is 4. The van der Waals surface area contributed by atoms with Crippen LogP contribution in [0.4, 0.5) is 0 Å². The fourth-order valence-corrected chi connectivity index (χ4v) is 13.7. The fourth-order valence-electron chi connectivity index (χ4n) is 13.7. The summed E-state index contributed by atoms with van der Waals surface area (Å²) in [6, 6.07) is 78.5. The third-order valence-corrected chi connectivity index (χ3v) is 17.5. The number of nitrogens with zero attached hydrogens (tertiary/aromatic N) is 8. The Kier molecular flexibility index (Phi) is 11.3. The minimum Gasteiger partial charge on any atom is -0.509 e. The Bertz CT molecular complexity index is 5070. The molecule has 408 valence electrons. The van der Waals surface area contributed by atoms with E-state index in [1.165, 1.54) is 60.2 Å². The molecule has 0 amide bonds. The first-order valence-electron chi connectivity index (χ1n) is 28.4. The summed E-state index contributed by atoms with van der Waals surface area (Å²) < 4.78 is 22.0. The van der Waals surface area contributed by atoms with Crippen LogP contribution in [0.5, 0.6) is 23.0 Å². The van der Waals surface area contributed by atoms with E-state index < -0.39 is 0 Å². The molecular formula is C74H50N8O2Pd. The fraction of sp³-hybridized carbons (Fsp3) is 0.0811. The van der Waals surface area contributed by atoms with E-state index in [4.69, 9.17) is 19.4 Å². The summed E-state index contributed by atoms with van der Waals surface area (Å²) in [5.74, 6) is 6.46. The van der Waals surface area contributed by atoms with Crippen LogP contribution >= 0.6 is 0 Å². The van der Waals surface area contributed by atoms with Crippen molar-refractivity contribution in [1.82, 2.24) is 38.2 Å². The topological polar surface area (TPSA) is 89.7 Å². The Balaban J connectivity index is 0.000000137. The maximum atomic E-state index is 6.59. The van der Waals surface area contributed by atoms with E-state index in [2.05, 4.69) is 214 Å². The zero-order chi connectivity index (χ0) is 56.0. The SMILES string of the molecule is CC1(C)c2cccnc2-n2c3[c-]c(Oc4[c-]c5c(cc4)c4ccccc4n5-c4ccccn4)ccc3c3cccc1c32.CC1(C)c2cccnc2-n2c3cc(Oc4ccc5c6ccccc6n(-c6ccccn6)c5c4)ccc3c3cccc1c32.[Pd+2]. The van der Waals surface area contributed by atoms with E-state index >= 15 is 0 Å². The normalized spacial score (nSPS) is 13.5. The second-order valence-corrected chi connectivity index (χ2v) is 22.9. The predicted octanol–water partition coefficient (Wildman–Crippen LogP) is 17.8.